The van der Waals surface area contributed by atoms with E-state index in [1.54, 1.807) is 44.2 Å². The molecule has 3 rings (SSSR count). The van der Waals surface area contributed by atoms with Gasteiger partial charge in [0.1, 0.15) is 12.2 Å². The van der Waals surface area contributed by atoms with E-state index >= 15 is 0 Å². The van der Waals surface area contributed by atoms with Gasteiger partial charge in [0.05, 0.1) is 12.2 Å². The monoisotopic (exact) mass is 324 g/mol. The van der Waals surface area contributed by atoms with Gasteiger partial charge in [0, 0.05) is 0 Å². The Bertz CT molecular complexity index is 559. The number of ether oxygens (including phenoxy) is 4. The molecule has 2 aliphatic rings. The van der Waals surface area contributed by atoms with Gasteiger partial charge in [-0.05, 0) is 26.0 Å². The van der Waals surface area contributed by atoms with Crippen molar-refractivity contribution in [2.24, 2.45) is 0 Å². The standard InChI is InChI=1S/C16H20O7/c1-16(2)22-13-12(11(10(18)8-17)21-15(13)23-16)20-14(19)9-6-4-3-5-7-9/h3-7,10-13,15,17-18H,8H2,1-2H3/t10-,11-,12-,13-,15?/m1/s1. The molecule has 23 heavy (non-hydrogen) atoms. The zero-order valence-corrected chi connectivity index (χ0v) is 12.9. The summed E-state index contributed by atoms with van der Waals surface area (Å²) in [5, 5.41) is 19.1. The normalized spacial score (nSPS) is 33.2. The van der Waals surface area contributed by atoms with E-state index in [2.05, 4.69) is 0 Å². The molecule has 0 bridgehead atoms. The van der Waals surface area contributed by atoms with Crippen molar-refractivity contribution in [3.63, 3.8) is 0 Å². The first kappa shape index (κ1) is 16.4. The molecule has 7 nitrogen and oxygen atoms in total. The van der Waals surface area contributed by atoms with Gasteiger partial charge < -0.3 is 29.2 Å². The van der Waals surface area contributed by atoms with Gasteiger partial charge in [-0.1, -0.05) is 18.2 Å². The Labute approximate surface area is 133 Å². The van der Waals surface area contributed by atoms with Crippen molar-refractivity contribution in [3.8, 4) is 0 Å². The summed E-state index contributed by atoms with van der Waals surface area (Å²) in [4.78, 5) is 12.3. The molecule has 2 saturated heterocycles. The summed E-state index contributed by atoms with van der Waals surface area (Å²) >= 11 is 0. The minimum Gasteiger partial charge on any atom is -0.453 e. The molecule has 2 N–H and O–H groups in total. The maximum absolute atomic E-state index is 12.3. The Kier molecular flexibility index (Phi) is 4.39. The molecule has 7 heteroatoms. The largest absolute Gasteiger partial charge is 0.453 e. The van der Waals surface area contributed by atoms with E-state index in [1.165, 1.54) is 0 Å². The first-order valence-corrected chi connectivity index (χ1v) is 7.47. The maximum atomic E-state index is 12.3. The minimum atomic E-state index is -1.20. The van der Waals surface area contributed by atoms with Gasteiger partial charge in [-0.25, -0.2) is 4.79 Å². The zero-order valence-electron chi connectivity index (χ0n) is 12.9. The number of hydrogen-bond acceptors (Lipinski definition) is 7. The van der Waals surface area contributed by atoms with Crippen LogP contribution in [-0.4, -0.2) is 59.3 Å². The molecule has 5 atom stereocenters. The quantitative estimate of drug-likeness (QED) is 0.776. The summed E-state index contributed by atoms with van der Waals surface area (Å²) < 4.78 is 22.4. The summed E-state index contributed by atoms with van der Waals surface area (Å²) in [6, 6.07) is 8.50. The molecule has 0 saturated carbocycles. The fraction of sp³-hybridized carbons (Fsp3) is 0.562. The number of hydrogen-bond donors (Lipinski definition) is 2. The van der Waals surface area contributed by atoms with Crippen LogP contribution >= 0.6 is 0 Å². The smallest absolute Gasteiger partial charge is 0.338 e. The molecule has 0 radical (unpaired) electrons. The number of aliphatic hydroxyl groups excluding tert-OH is 2. The predicted octanol–water partition coefficient (Wildman–Crippen LogP) is 0.442. The van der Waals surface area contributed by atoms with Crippen molar-refractivity contribution in [1.29, 1.82) is 0 Å². The number of esters is 1. The molecule has 0 amide bonds. The van der Waals surface area contributed by atoms with Gasteiger partial charge in [0.15, 0.2) is 24.3 Å². The van der Waals surface area contributed by atoms with Crippen LogP contribution in [0.25, 0.3) is 0 Å². The van der Waals surface area contributed by atoms with Gasteiger partial charge >= 0.3 is 5.97 Å². The third-order valence-electron chi connectivity index (χ3n) is 3.85. The summed E-state index contributed by atoms with van der Waals surface area (Å²) in [5.41, 5.74) is 0.381. The third kappa shape index (κ3) is 3.24. The van der Waals surface area contributed by atoms with E-state index in [-0.39, 0.29) is 0 Å². The summed E-state index contributed by atoms with van der Waals surface area (Å²) in [7, 11) is 0. The molecule has 2 aliphatic heterocycles. The highest BCUT2D eigenvalue weighted by molar-refractivity contribution is 5.89. The Morgan fingerprint density at radius 2 is 2.00 bits per heavy atom. The second-order valence-electron chi connectivity index (χ2n) is 6.06. The van der Waals surface area contributed by atoms with Crippen molar-refractivity contribution in [3.05, 3.63) is 35.9 Å². The number of fused-ring (bicyclic) bond motifs is 1. The molecule has 0 spiro atoms. The van der Waals surface area contributed by atoms with E-state index in [4.69, 9.17) is 18.9 Å². The summed E-state index contributed by atoms with van der Waals surface area (Å²) in [6.45, 7) is 2.93. The Balaban J connectivity index is 1.79. The van der Waals surface area contributed by atoms with Gasteiger partial charge in [0.2, 0.25) is 0 Å². The van der Waals surface area contributed by atoms with Crippen molar-refractivity contribution in [1.82, 2.24) is 0 Å². The van der Waals surface area contributed by atoms with Crippen LogP contribution in [0.5, 0.6) is 0 Å². The highest BCUT2D eigenvalue weighted by Gasteiger charge is 2.58. The average molecular weight is 324 g/mol. The van der Waals surface area contributed by atoms with E-state index in [9.17, 15) is 15.0 Å². The topological polar surface area (TPSA) is 94.5 Å². The lowest BCUT2D eigenvalue weighted by molar-refractivity contribution is -0.227. The van der Waals surface area contributed by atoms with Gasteiger partial charge in [0.25, 0.3) is 0 Å². The fourth-order valence-electron chi connectivity index (χ4n) is 2.82. The molecule has 126 valence electrons. The first-order valence-electron chi connectivity index (χ1n) is 7.47. The molecule has 0 aliphatic carbocycles. The second kappa shape index (κ2) is 6.18. The molecule has 2 fully saturated rings. The molecule has 1 aromatic carbocycles. The Morgan fingerprint density at radius 1 is 1.30 bits per heavy atom. The Morgan fingerprint density at radius 3 is 2.65 bits per heavy atom. The summed E-state index contributed by atoms with van der Waals surface area (Å²) in [5.74, 6) is -1.43. The number of carbonyl (C=O) groups excluding carboxylic acids is 1. The van der Waals surface area contributed by atoms with Crippen LogP contribution in [0, 0.1) is 0 Å². The molecule has 1 aromatic rings. The second-order valence-corrected chi connectivity index (χ2v) is 6.06. The summed E-state index contributed by atoms with van der Waals surface area (Å²) in [6.07, 6.45) is -4.42. The van der Waals surface area contributed by atoms with Crippen LogP contribution in [0.1, 0.15) is 24.2 Å². The molecular formula is C16H20O7. The average Bonchev–Trinajstić information content (AvgIpc) is 3.00. The van der Waals surface area contributed by atoms with Gasteiger partial charge in [-0.15, -0.1) is 0 Å². The number of carbonyl (C=O) groups is 1. The zero-order chi connectivity index (χ0) is 16.6. The van der Waals surface area contributed by atoms with Crippen LogP contribution in [0.2, 0.25) is 0 Å². The van der Waals surface area contributed by atoms with Crippen molar-refractivity contribution in [2.75, 3.05) is 6.61 Å². The SMILES string of the molecule is CC1(C)OC2O[C@H]([C@H](O)CO)[C@@H](OC(=O)c3ccccc3)[C@H]2O1. The molecule has 0 aromatic heterocycles. The maximum Gasteiger partial charge on any atom is 0.338 e. The van der Waals surface area contributed by atoms with Crippen molar-refractivity contribution >= 4 is 5.97 Å². The lowest BCUT2D eigenvalue weighted by atomic mass is 10.1. The fourth-order valence-corrected chi connectivity index (χ4v) is 2.82. The van der Waals surface area contributed by atoms with Crippen LogP contribution < -0.4 is 0 Å². The van der Waals surface area contributed by atoms with Crippen LogP contribution in [0.3, 0.4) is 0 Å². The van der Waals surface area contributed by atoms with Crippen LogP contribution in [0.15, 0.2) is 30.3 Å². The molecule has 2 heterocycles. The third-order valence-corrected chi connectivity index (χ3v) is 3.85. The first-order chi connectivity index (χ1) is 10.9. The Hall–Kier alpha value is -1.51. The van der Waals surface area contributed by atoms with E-state index in [0.717, 1.165) is 0 Å². The van der Waals surface area contributed by atoms with Gasteiger partial charge in [-0.3, -0.25) is 0 Å². The lowest BCUT2D eigenvalue weighted by Crippen LogP contribution is -2.45. The minimum absolute atomic E-state index is 0.381. The number of aliphatic hydroxyl groups is 2. The van der Waals surface area contributed by atoms with Crippen molar-refractivity contribution < 1.29 is 34.0 Å². The lowest BCUT2D eigenvalue weighted by Gasteiger charge is -2.27. The highest BCUT2D eigenvalue weighted by atomic mass is 16.8. The van der Waals surface area contributed by atoms with Gasteiger partial charge in [-0.2, -0.15) is 0 Å². The van der Waals surface area contributed by atoms with Crippen LogP contribution in [-0.2, 0) is 18.9 Å². The van der Waals surface area contributed by atoms with E-state index in [1.807, 2.05) is 0 Å². The number of benzene rings is 1. The number of rotatable bonds is 4. The van der Waals surface area contributed by atoms with E-state index < -0.39 is 49.1 Å². The predicted molar refractivity (Wildman–Crippen MR) is 77.4 cm³/mol. The molecular weight excluding hydrogens is 304 g/mol. The molecule has 1 unspecified atom stereocenters. The van der Waals surface area contributed by atoms with Crippen LogP contribution in [0.4, 0.5) is 0 Å². The van der Waals surface area contributed by atoms with Crippen molar-refractivity contribution in [2.45, 2.75) is 50.3 Å². The van der Waals surface area contributed by atoms with E-state index in [0.29, 0.717) is 5.56 Å². The highest BCUT2D eigenvalue weighted by Crippen LogP contribution is 2.39.